The number of rotatable bonds is 5. The first-order valence-corrected chi connectivity index (χ1v) is 11.0. The van der Waals surface area contributed by atoms with Gasteiger partial charge in [-0.2, -0.15) is 0 Å². The number of amides is 1. The zero-order valence-electron chi connectivity index (χ0n) is 15.6. The normalized spacial score (nSPS) is 11.0. The summed E-state index contributed by atoms with van der Waals surface area (Å²) < 4.78 is 15.7. The van der Waals surface area contributed by atoms with Crippen molar-refractivity contribution < 1.29 is 9.18 Å². The molecule has 30 heavy (non-hydrogen) atoms. The van der Waals surface area contributed by atoms with Crippen molar-refractivity contribution in [3.05, 3.63) is 74.2 Å². The van der Waals surface area contributed by atoms with Gasteiger partial charge in [-0.1, -0.05) is 41.3 Å². The molecule has 0 saturated carbocycles. The van der Waals surface area contributed by atoms with E-state index in [1.54, 1.807) is 4.57 Å². The predicted octanol–water partition coefficient (Wildman–Crippen LogP) is 4.68. The number of fused-ring (bicyclic) bond motifs is 1. The summed E-state index contributed by atoms with van der Waals surface area (Å²) >= 11 is 7.78. The quantitative estimate of drug-likeness (QED) is 0.258. The molecule has 0 aliphatic heterocycles. The number of halogens is 1. The number of benzene rings is 2. The van der Waals surface area contributed by atoms with Crippen molar-refractivity contribution in [2.45, 2.75) is 12.1 Å². The molecular weight excluding hydrogens is 443 g/mol. The van der Waals surface area contributed by atoms with Crippen LogP contribution in [0.15, 0.2) is 58.5 Å². The van der Waals surface area contributed by atoms with Crippen LogP contribution in [0.2, 0.25) is 0 Å². The molecule has 0 spiro atoms. The van der Waals surface area contributed by atoms with Crippen LogP contribution in [0.1, 0.15) is 5.56 Å². The molecule has 2 heterocycles. The fraction of sp³-hybridized carbons (Fsp3) is 0.100. The highest BCUT2D eigenvalue weighted by Gasteiger charge is 2.15. The molecule has 2 N–H and O–H groups in total. The summed E-state index contributed by atoms with van der Waals surface area (Å²) in [6.07, 6.45) is 0. The second kappa shape index (κ2) is 8.50. The average Bonchev–Trinajstić information content (AvgIpc) is 3.05. The molecule has 152 valence electrons. The van der Waals surface area contributed by atoms with E-state index < -0.39 is 0 Å². The molecule has 4 aromatic rings. The lowest BCUT2D eigenvalue weighted by atomic mass is 10.2. The summed E-state index contributed by atoms with van der Waals surface area (Å²) in [5, 5.41) is 2.99. The van der Waals surface area contributed by atoms with E-state index in [0.29, 0.717) is 25.1 Å². The number of carbonyl (C=O) groups is 1. The molecule has 0 saturated heterocycles. The van der Waals surface area contributed by atoms with Gasteiger partial charge in [0, 0.05) is 5.69 Å². The molecule has 0 bridgehead atoms. The minimum atomic E-state index is -0.378. The Morgan fingerprint density at radius 1 is 1.27 bits per heavy atom. The summed E-state index contributed by atoms with van der Waals surface area (Å²) in [6.45, 7) is 1.96. The Labute approximate surface area is 183 Å². The Hall–Kier alpha value is -2.82. The minimum absolute atomic E-state index is 0.0288. The van der Waals surface area contributed by atoms with Gasteiger partial charge in [0.2, 0.25) is 5.91 Å². The van der Waals surface area contributed by atoms with Gasteiger partial charge in [-0.3, -0.25) is 14.2 Å². The lowest BCUT2D eigenvalue weighted by Crippen LogP contribution is -2.15. The third-order valence-electron chi connectivity index (χ3n) is 4.25. The molecule has 0 radical (unpaired) electrons. The number of nitrogens with one attached hydrogen (secondary N) is 2. The SMILES string of the molecule is Cc1ccccc1-n1c(=S)sc2c(=O)[nH]c(SCC(=O)Nc3ccc(F)cc3)nc21. The maximum Gasteiger partial charge on any atom is 0.271 e. The lowest BCUT2D eigenvalue weighted by Gasteiger charge is -2.08. The number of thiazole rings is 1. The fourth-order valence-corrected chi connectivity index (χ4v) is 4.77. The number of para-hydroxylation sites is 1. The Morgan fingerprint density at radius 3 is 2.73 bits per heavy atom. The molecular formula is C20H15FN4O2S3. The van der Waals surface area contributed by atoms with E-state index in [4.69, 9.17) is 12.2 Å². The number of aryl methyl sites for hydroxylation is 1. The van der Waals surface area contributed by atoms with Gasteiger partial charge in [0.15, 0.2) is 14.8 Å². The maximum atomic E-state index is 13.0. The van der Waals surface area contributed by atoms with E-state index in [1.165, 1.54) is 35.6 Å². The zero-order chi connectivity index (χ0) is 21.3. The van der Waals surface area contributed by atoms with E-state index in [1.807, 2.05) is 31.2 Å². The Kier molecular flexibility index (Phi) is 5.80. The van der Waals surface area contributed by atoms with Crippen molar-refractivity contribution in [2.75, 3.05) is 11.1 Å². The number of thioether (sulfide) groups is 1. The van der Waals surface area contributed by atoms with Gasteiger partial charge in [-0.25, -0.2) is 9.37 Å². The maximum absolute atomic E-state index is 13.0. The smallest absolute Gasteiger partial charge is 0.271 e. The van der Waals surface area contributed by atoms with Crippen molar-refractivity contribution in [1.82, 2.24) is 14.5 Å². The minimum Gasteiger partial charge on any atom is -0.325 e. The third kappa shape index (κ3) is 4.20. The number of anilines is 1. The van der Waals surface area contributed by atoms with Gasteiger partial charge in [0.05, 0.1) is 11.4 Å². The Bertz CT molecular complexity index is 1360. The van der Waals surface area contributed by atoms with E-state index in [0.717, 1.165) is 23.0 Å². The summed E-state index contributed by atoms with van der Waals surface area (Å²) in [5.41, 5.74) is 2.51. The molecule has 0 aliphatic rings. The highest BCUT2D eigenvalue weighted by atomic mass is 32.2. The van der Waals surface area contributed by atoms with Crippen LogP contribution in [0.5, 0.6) is 0 Å². The van der Waals surface area contributed by atoms with Crippen molar-refractivity contribution in [3.8, 4) is 5.69 Å². The van der Waals surface area contributed by atoms with Gasteiger partial charge in [-0.05, 0) is 55.0 Å². The van der Waals surface area contributed by atoms with Crippen molar-refractivity contribution in [2.24, 2.45) is 0 Å². The lowest BCUT2D eigenvalue weighted by molar-refractivity contribution is -0.113. The first-order chi connectivity index (χ1) is 14.4. The second-order valence-corrected chi connectivity index (χ2v) is 8.97. The van der Waals surface area contributed by atoms with E-state index in [2.05, 4.69) is 15.3 Å². The number of aromatic amines is 1. The summed E-state index contributed by atoms with van der Waals surface area (Å²) in [6, 6.07) is 13.2. The molecule has 0 unspecified atom stereocenters. The van der Waals surface area contributed by atoms with Crippen LogP contribution in [0.4, 0.5) is 10.1 Å². The van der Waals surface area contributed by atoms with Gasteiger partial charge in [0.1, 0.15) is 10.5 Å². The van der Waals surface area contributed by atoms with E-state index >= 15 is 0 Å². The van der Waals surface area contributed by atoms with Crippen LogP contribution in [0.3, 0.4) is 0 Å². The molecule has 6 nitrogen and oxygen atoms in total. The second-order valence-electron chi connectivity index (χ2n) is 6.36. The topological polar surface area (TPSA) is 79.8 Å². The highest BCUT2D eigenvalue weighted by Crippen LogP contribution is 2.26. The number of nitrogens with zero attached hydrogens (tertiary/aromatic N) is 2. The van der Waals surface area contributed by atoms with Crippen molar-refractivity contribution >= 4 is 57.3 Å². The van der Waals surface area contributed by atoms with Crippen molar-refractivity contribution in [1.29, 1.82) is 0 Å². The molecule has 0 atom stereocenters. The molecule has 2 aromatic carbocycles. The summed E-state index contributed by atoms with van der Waals surface area (Å²) in [5.74, 6) is -0.646. The van der Waals surface area contributed by atoms with Crippen LogP contribution in [0.25, 0.3) is 16.0 Å². The summed E-state index contributed by atoms with van der Waals surface area (Å²) in [4.78, 5) is 32.0. The number of hydrogen-bond acceptors (Lipinski definition) is 6. The standard InChI is InChI=1S/C20H15FN4O2S3/c1-11-4-2-3-5-14(11)25-17-16(30-20(25)28)18(27)24-19(23-17)29-10-15(26)22-13-8-6-12(21)7-9-13/h2-9H,10H2,1H3,(H,22,26)(H,23,24,27). The Balaban J connectivity index is 1.61. The number of carbonyl (C=O) groups excluding carboxylic acids is 1. The van der Waals surface area contributed by atoms with Crippen LogP contribution < -0.4 is 10.9 Å². The Morgan fingerprint density at radius 2 is 2.00 bits per heavy atom. The first-order valence-electron chi connectivity index (χ1n) is 8.82. The first kappa shape index (κ1) is 20.5. The van der Waals surface area contributed by atoms with E-state index in [-0.39, 0.29) is 23.0 Å². The molecule has 4 rings (SSSR count). The van der Waals surface area contributed by atoms with Crippen LogP contribution in [-0.4, -0.2) is 26.2 Å². The highest BCUT2D eigenvalue weighted by molar-refractivity contribution is 7.99. The predicted molar refractivity (Wildman–Crippen MR) is 121 cm³/mol. The van der Waals surface area contributed by atoms with Crippen LogP contribution in [0, 0.1) is 16.7 Å². The number of hydrogen-bond donors (Lipinski definition) is 2. The molecule has 2 aromatic heterocycles. The zero-order valence-corrected chi connectivity index (χ0v) is 18.1. The van der Waals surface area contributed by atoms with Crippen molar-refractivity contribution in [3.63, 3.8) is 0 Å². The summed E-state index contributed by atoms with van der Waals surface area (Å²) in [7, 11) is 0. The molecule has 0 aliphatic carbocycles. The van der Waals surface area contributed by atoms with Gasteiger partial charge in [-0.15, -0.1) is 0 Å². The average molecular weight is 459 g/mol. The molecule has 0 fully saturated rings. The van der Waals surface area contributed by atoms with Gasteiger partial charge >= 0.3 is 0 Å². The molecule has 10 heteroatoms. The van der Waals surface area contributed by atoms with Gasteiger partial charge in [0.25, 0.3) is 5.56 Å². The third-order valence-corrected chi connectivity index (χ3v) is 6.48. The van der Waals surface area contributed by atoms with Crippen LogP contribution in [-0.2, 0) is 4.79 Å². The fourth-order valence-electron chi connectivity index (χ4n) is 2.85. The number of aromatic nitrogens is 3. The van der Waals surface area contributed by atoms with E-state index in [9.17, 15) is 14.0 Å². The van der Waals surface area contributed by atoms with Gasteiger partial charge < -0.3 is 10.3 Å². The number of H-pyrrole nitrogens is 1. The van der Waals surface area contributed by atoms with Crippen LogP contribution >= 0.6 is 35.3 Å². The largest absolute Gasteiger partial charge is 0.325 e. The monoisotopic (exact) mass is 458 g/mol. The molecule has 1 amide bonds.